The van der Waals surface area contributed by atoms with Crippen molar-refractivity contribution in [2.75, 3.05) is 20.8 Å². The molecule has 2 aromatic carbocycles. The molecule has 0 fully saturated rings. The Morgan fingerprint density at radius 1 is 1.10 bits per heavy atom. The molecule has 1 aromatic heterocycles. The maximum Gasteiger partial charge on any atom is 0.326 e. The van der Waals surface area contributed by atoms with Crippen molar-refractivity contribution in [3.8, 4) is 11.5 Å². The summed E-state index contributed by atoms with van der Waals surface area (Å²) >= 11 is 0. The van der Waals surface area contributed by atoms with E-state index in [1.807, 2.05) is 0 Å². The predicted octanol–water partition coefficient (Wildman–Crippen LogP) is 1.61. The quantitative estimate of drug-likeness (QED) is 0.624. The van der Waals surface area contributed by atoms with Crippen LogP contribution in [0.5, 0.6) is 11.5 Å². The number of aryl methyl sites for hydroxylation is 1. The number of carboxylic acid groups (broad SMARTS) is 1. The summed E-state index contributed by atoms with van der Waals surface area (Å²) in [5, 5.41) is 9.28. The number of fused-ring (bicyclic) bond motifs is 1. The number of carbonyl (C=O) groups is 2. The van der Waals surface area contributed by atoms with Crippen LogP contribution in [0.4, 0.5) is 0 Å². The average Bonchev–Trinajstić information content (AvgIpc) is 2.99. The first-order valence-electron chi connectivity index (χ1n) is 8.74. The highest BCUT2D eigenvalue weighted by molar-refractivity contribution is 5.98. The summed E-state index contributed by atoms with van der Waals surface area (Å²) in [5.41, 5.74) is 1.79. The lowest BCUT2D eigenvalue weighted by Gasteiger charge is -2.21. The smallest absolute Gasteiger partial charge is 0.326 e. The molecule has 0 aliphatic carbocycles. The number of rotatable bonds is 7. The van der Waals surface area contributed by atoms with Crippen molar-refractivity contribution >= 4 is 22.9 Å². The van der Waals surface area contributed by atoms with Crippen molar-refractivity contribution in [3.05, 3.63) is 58.0 Å². The number of H-pyrrole nitrogens is 1. The third kappa shape index (κ3) is 4.23. The fourth-order valence-electron chi connectivity index (χ4n) is 3.08. The van der Waals surface area contributed by atoms with Gasteiger partial charge in [-0.2, -0.15) is 0 Å². The van der Waals surface area contributed by atoms with E-state index in [9.17, 15) is 19.5 Å². The maximum absolute atomic E-state index is 13.1. The van der Waals surface area contributed by atoms with Gasteiger partial charge in [0.15, 0.2) is 0 Å². The van der Waals surface area contributed by atoms with Crippen molar-refractivity contribution < 1.29 is 24.2 Å². The van der Waals surface area contributed by atoms with Crippen molar-refractivity contribution in [2.24, 2.45) is 7.05 Å². The predicted molar refractivity (Wildman–Crippen MR) is 105 cm³/mol. The minimum absolute atomic E-state index is 0.0444. The maximum atomic E-state index is 13.1. The summed E-state index contributed by atoms with van der Waals surface area (Å²) in [6.45, 7) is -0.439. The number of carboxylic acids is 1. The Balaban J connectivity index is 1.96. The summed E-state index contributed by atoms with van der Waals surface area (Å²) in [6, 6.07) is 9.86. The van der Waals surface area contributed by atoms with Crippen molar-refractivity contribution in [2.45, 2.75) is 6.54 Å². The number of amides is 1. The first-order valence-corrected chi connectivity index (χ1v) is 8.74. The van der Waals surface area contributed by atoms with E-state index >= 15 is 0 Å². The monoisotopic (exact) mass is 399 g/mol. The number of carbonyl (C=O) groups excluding carboxylic acids is 1. The molecule has 9 nitrogen and oxygen atoms in total. The second-order valence-electron chi connectivity index (χ2n) is 6.50. The standard InChI is InChI=1S/C20H21N3O6/c1-22-17-8-13(4-5-16(17)21-20(22)27)19(26)23(11-18(24)25)10-12-6-14(28-2)9-15(7-12)29-3/h4-9H,10-11H2,1-3H3,(H,21,27)(H,24,25). The van der Waals surface area contributed by atoms with Gasteiger partial charge in [0, 0.05) is 25.2 Å². The number of aromatic nitrogens is 2. The fraction of sp³-hybridized carbons (Fsp3) is 0.250. The number of nitrogens with zero attached hydrogens (tertiary/aromatic N) is 2. The third-order valence-corrected chi connectivity index (χ3v) is 4.55. The van der Waals surface area contributed by atoms with E-state index in [-0.39, 0.29) is 17.8 Å². The lowest BCUT2D eigenvalue weighted by molar-refractivity contribution is -0.137. The van der Waals surface area contributed by atoms with Gasteiger partial charge in [0.05, 0.1) is 25.3 Å². The molecule has 152 valence electrons. The molecule has 0 radical (unpaired) electrons. The molecule has 0 atom stereocenters. The number of hydrogen-bond acceptors (Lipinski definition) is 5. The number of aliphatic carboxylic acids is 1. The van der Waals surface area contributed by atoms with Crippen LogP contribution in [-0.4, -0.2) is 52.2 Å². The molecular formula is C20H21N3O6. The van der Waals surface area contributed by atoms with Gasteiger partial charge in [0.25, 0.3) is 5.91 Å². The minimum Gasteiger partial charge on any atom is -0.497 e. The SMILES string of the molecule is COc1cc(CN(CC(=O)O)C(=O)c2ccc3[nH]c(=O)n(C)c3c2)cc(OC)c1. The van der Waals surface area contributed by atoms with Crippen LogP contribution in [0.15, 0.2) is 41.2 Å². The molecule has 1 amide bonds. The van der Waals surface area contributed by atoms with Gasteiger partial charge in [-0.25, -0.2) is 4.79 Å². The topological polar surface area (TPSA) is 114 Å². The molecule has 1 heterocycles. The highest BCUT2D eigenvalue weighted by Crippen LogP contribution is 2.24. The van der Waals surface area contributed by atoms with E-state index in [0.29, 0.717) is 28.1 Å². The minimum atomic E-state index is -1.14. The van der Waals surface area contributed by atoms with E-state index < -0.39 is 18.4 Å². The van der Waals surface area contributed by atoms with Crippen molar-refractivity contribution in [1.29, 1.82) is 0 Å². The largest absolute Gasteiger partial charge is 0.497 e. The number of benzene rings is 2. The van der Waals surface area contributed by atoms with Crippen LogP contribution in [0.1, 0.15) is 15.9 Å². The van der Waals surface area contributed by atoms with Gasteiger partial charge in [0.2, 0.25) is 0 Å². The zero-order valence-electron chi connectivity index (χ0n) is 16.3. The van der Waals surface area contributed by atoms with Crippen LogP contribution in [0.25, 0.3) is 11.0 Å². The first kappa shape index (κ1) is 20.0. The Bertz CT molecular complexity index is 1110. The highest BCUT2D eigenvalue weighted by Gasteiger charge is 2.21. The molecule has 0 unspecified atom stereocenters. The summed E-state index contributed by atoms with van der Waals surface area (Å²) in [4.78, 5) is 40.1. The van der Waals surface area contributed by atoms with Crippen LogP contribution in [0.2, 0.25) is 0 Å². The molecule has 0 spiro atoms. The molecule has 9 heteroatoms. The summed E-state index contributed by atoms with van der Waals surface area (Å²) < 4.78 is 11.9. The molecule has 3 aromatic rings. The van der Waals surface area contributed by atoms with Crippen molar-refractivity contribution in [3.63, 3.8) is 0 Å². The molecule has 3 rings (SSSR count). The Morgan fingerprint density at radius 3 is 2.34 bits per heavy atom. The number of nitrogens with one attached hydrogen (secondary N) is 1. The Hall–Kier alpha value is -3.75. The molecule has 0 saturated heterocycles. The van der Waals surface area contributed by atoms with Gasteiger partial charge in [-0.1, -0.05) is 0 Å². The second-order valence-corrected chi connectivity index (χ2v) is 6.50. The van der Waals surface area contributed by atoms with Crippen LogP contribution in [0, 0.1) is 0 Å². The second kappa shape index (κ2) is 8.09. The number of imidazole rings is 1. The normalized spacial score (nSPS) is 10.7. The number of hydrogen-bond donors (Lipinski definition) is 2. The molecule has 0 saturated carbocycles. The molecule has 0 aliphatic rings. The number of ether oxygens (including phenoxy) is 2. The number of methoxy groups -OCH3 is 2. The fourth-order valence-corrected chi connectivity index (χ4v) is 3.08. The molecule has 0 aliphatic heterocycles. The van der Waals surface area contributed by atoms with Crippen molar-refractivity contribution in [1.82, 2.24) is 14.5 Å². The summed E-state index contributed by atoms with van der Waals surface area (Å²) in [7, 11) is 4.61. The highest BCUT2D eigenvalue weighted by atomic mass is 16.5. The van der Waals surface area contributed by atoms with Gasteiger partial charge in [-0.15, -0.1) is 0 Å². The third-order valence-electron chi connectivity index (χ3n) is 4.55. The average molecular weight is 399 g/mol. The zero-order chi connectivity index (χ0) is 21.1. The summed E-state index contributed by atoms with van der Waals surface area (Å²) in [6.07, 6.45) is 0. The number of aromatic amines is 1. The molecule has 2 N–H and O–H groups in total. The zero-order valence-corrected chi connectivity index (χ0v) is 16.3. The molecule has 0 bridgehead atoms. The lowest BCUT2D eigenvalue weighted by Crippen LogP contribution is -2.35. The van der Waals surface area contributed by atoms with Crippen LogP contribution >= 0.6 is 0 Å². The Labute approximate surface area is 166 Å². The molecular weight excluding hydrogens is 378 g/mol. The van der Waals surface area contributed by atoms with E-state index in [1.54, 1.807) is 43.4 Å². The lowest BCUT2D eigenvalue weighted by atomic mass is 10.1. The van der Waals surface area contributed by atoms with Gasteiger partial charge in [-0.05, 0) is 35.9 Å². The van der Waals surface area contributed by atoms with Gasteiger partial charge < -0.3 is 24.5 Å². The Kier molecular flexibility index (Phi) is 5.58. The van der Waals surface area contributed by atoms with Gasteiger partial charge in [-0.3, -0.25) is 14.2 Å². The van der Waals surface area contributed by atoms with E-state index in [4.69, 9.17) is 9.47 Å². The van der Waals surface area contributed by atoms with Crippen LogP contribution in [0.3, 0.4) is 0 Å². The van der Waals surface area contributed by atoms with Crippen LogP contribution in [-0.2, 0) is 18.4 Å². The van der Waals surface area contributed by atoms with E-state index in [2.05, 4.69) is 4.98 Å². The Morgan fingerprint density at radius 2 is 1.76 bits per heavy atom. The summed E-state index contributed by atoms with van der Waals surface area (Å²) in [5.74, 6) is -0.537. The van der Waals surface area contributed by atoms with E-state index in [1.165, 1.54) is 23.7 Å². The van der Waals surface area contributed by atoms with Gasteiger partial charge in [0.1, 0.15) is 18.0 Å². The van der Waals surface area contributed by atoms with Gasteiger partial charge >= 0.3 is 11.7 Å². The van der Waals surface area contributed by atoms with E-state index in [0.717, 1.165) is 0 Å². The first-order chi connectivity index (χ1) is 13.8. The molecule has 29 heavy (non-hydrogen) atoms. The van der Waals surface area contributed by atoms with Crippen LogP contribution < -0.4 is 15.2 Å².